The highest BCUT2D eigenvalue weighted by Gasteiger charge is 2.06. The Balaban J connectivity index is 1.99. The van der Waals surface area contributed by atoms with Crippen molar-refractivity contribution in [1.29, 1.82) is 0 Å². The van der Waals surface area contributed by atoms with Gasteiger partial charge in [-0.25, -0.2) is 0 Å². The number of aryl methyl sites for hydroxylation is 1. The van der Waals surface area contributed by atoms with Crippen LogP contribution in [0.15, 0.2) is 35.1 Å². The molecule has 4 nitrogen and oxygen atoms in total. The predicted molar refractivity (Wildman–Crippen MR) is 88.7 cm³/mol. The molecule has 1 aromatic carbocycles. The van der Waals surface area contributed by atoms with E-state index in [1.54, 1.807) is 6.20 Å². The van der Waals surface area contributed by atoms with E-state index in [9.17, 15) is 0 Å². The quantitative estimate of drug-likeness (QED) is 0.718. The van der Waals surface area contributed by atoms with E-state index < -0.39 is 0 Å². The normalized spacial score (nSPS) is 10.8. The zero-order valence-corrected chi connectivity index (χ0v) is 14.2. The minimum Gasteiger partial charge on any atom is -0.453 e. The molecule has 1 N–H and O–H groups in total. The summed E-state index contributed by atoms with van der Waals surface area (Å²) in [7, 11) is 0. The fourth-order valence-corrected chi connectivity index (χ4v) is 2.53. The summed E-state index contributed by atoms with van der Waals surface area (Å²) in [5, 5.41) is 7.66. The van der Waals surface area contributed by atoms with Crippen molar-refractivity contribution in [2.24, 2.45) is 0 Å². The number of benzene rings is 1. The van der Waals surface area contributed by atoms with Gasteiger partial charge in [-0.05, 0) is 53.0 Å². The van der Waals surface area contributed by atoms with Crippen molar-refractivity contribution in [2.45, 2.75) is 39.8 Å². The van der Waals surface area contributed by atoms with Gasteiger partial charge < -0.3 is 10.1 Å². The SMILES string of the molecule is CCCNCc1ccc(Oc2cnn(CCC)c2)c(Br)c1. The Kier molecular flexibility index (Phi) is 6.26. The van der Waals surface area contributed by atoms with Gasteiger partial charge in [0, 0.05) is 13.1 Å². The molecule has 1 heterocycles. The van der Waals surface area contributed by atoms with Crippen molar-refractivity contribution in [3.05, 3.63) is 40.6 Å². The first-order valence-electron chi connectivity index (χ1n) is 7.42. The Morgan fingerprint density at radius 2 is 2.14 bits per heavy atom. The van der Waals surface area contributed by atoms with Gasteiger partial charge in [-0.3, -0.25) is 4.68 Å². The number of hydrogen-bond acceptors (Lipinski definition) is 3. The van der Waals surface area contributed by atoms with Crippen LogP contribution >= 0.6 is 15.9 Å². The number of hydrogen-bond donors (Lipinski definition) is 1. The molecule has 0 atom stereocenters. The molecule has 0 amide bonds. The summed E-state index contributed by atoms with van der Waals surface area (Å²) in [5.41, 5.74) is 1.24. The van der Waals surface area contributed by atoms with Crippen LogP contribution in [0.1, 0.15) is 32.3 Å². The lowest BCUT2D eigenvalue weighted by atomic mass is 10.2. The molecule has 21 heavy (non-hydrogen) atoms. The topological polar surface area (TPSA) is 39.1 Å². The summed E-state index contributed by atoms with van der Waals surface area (Å²) in [6.45, 7) is 7.11. The molecule has 0 fully saturated rings. The van der Waals surface area contributed by atoms with Gasteiger partial charge in [-0.1, -0.05) is 19.9 Å². The summed E-state index contributed by atoms with van der Waals surface area (Å²) in [6.07, 6.45) is 5.87. The number of rotatable bonds is 8. The highest BCUT2D eigenvalue weighted by Crippen LogP contribution is 2.30. The summed E-state index contributed by atoms with van der Waals surface area (Å²) in [4.78, 5) is 0. The average Bonchev–Trinajstić information content (AvgIpc) is 2.90. The summed E-state index contributed by atoms with van der Waals surface area (Å²) >= 11 is 3.57. The van der Waals surface area contributed by atoms with Crippen molar-refractivity contribution in [3.8, 4) is 11.5 Å². The molecule has 5 heteroatoms. The molecule has 0 aliphatic heterocycles. The molecule has 0 radical (unpaired) electrons. The monoisotopic (exact) mass is 351 g/mol. The number of aromatic nitrogens is 2. The largest absolute Gasteiger partial charge is 0.453 e. The van der Waals surface area contributed by atoms with Crippen molar-refractivity contribution in [2.75, 3.05) is 6.54 Å². The van der Waals surface area contributed by atoms with E-state index in [2.05, 4.69) is 52.3 Å². The molecular weight excluding hydrogens is 330 g/mol. The van der Waals surface area contributed by atoms with E-state index in [1.807, 2.05) is 16.9 Å². The minimum absolute atomic E-state index is 0.765. The summed E-state index contributed by atoms with van der Waals surface area (Å²) in [6, 6.07) is 6.16. The first-order valence-corrected chi connectivity index (χ1v) is 8.21. The van der Waals surface area contributed by atoms with Crippen LogP contribution in [0.4, 0.5) is 0 Å². The summed E-state index contributed by atoms with van der Waals surface area (Å²) in [5.74, 6) is 1.58. The van der Waals surface area contributed by atoms with Gasteiger partial charge in [0.2, 0.25) is 0 Å². The average molecular weight is 352 g/mol. The van der Waals surface area contributed by atoms with Crippen LogP contribution < -0.4 is 10.1 Å². The Labute approximate surface area is 134 Å². The standard InChI is InChI=1S/C16H22BrN3O/c1-3-7-18-10-13-5-6-16(15(17)9-13)21-14-11-19-20(12-14)8-4-2/h5-6,9,11-12,18H,3-4,7-8,10H2,1-2H3. The molecule has 0 saturated heterocycles. The van der Waals surface area contributed by atoms with Crippen LogP contribution in [0.3, 0.4) is 0 Å². The van der Waals surface area contributed by atoms with Crippen molar-refractivity contribution in [1.82, 2.24) is 15.1 Å². The Hall–Kier alpha value is -1.33. The molecule has 2 aromatic rings. The van der Waals surface area contributed by atoms with Crippen LogP contribution in [-0.2, 0) is 13.1 Å². The lowest BCUT2D eigenvalue weighted by molar-refractivity contribution is 0.477. The second-order valence-electron chi connectivity index (χ2n) is 4.98. The first kappa shape index (κ1) is 16.0. The third kappa shape index (κ3) is 4.86. The summed E-state index contributed by atoms with van der Waals surface area (Å²) < 4.78 is 8.72. The van der Waals surface area contributed by atoms with Gasteiger partial charge >= 0.3 is 0 Å². The molecule has 1 aromatic heterocycles. The molecule has 0 spiro atoms. The van der Waals surface area contributed by atoms with Gasteiger partial charge in [0.25, 0.3) is 0 Å². The molecule has 0 aliphatic rings. The van der Waals surface area contributed by atoms with E-state index in [0.29, 0.717) is 0 Å². The third-order valence-electron chi connectivity index (χ3n) is 3.04. The second-order valence-corrected chi connectivity index (χ2v) is 5.84. The lowest BCUT2D eigenvalue weighted by Crippen LogP contribution is -2.13. The van der Waals surface area contributed by atoms with Crippen molar-refractivity contribution in [3.63, 3.8) is 0 Å². The smallest absolute Gasteiger partial charge is 0.165 e. The van der Waals surface area contributed by atoms with Crippen LogP contribution in [0.2, 0.25) is 0 Å². The zero-order valence-electron chi connectivity index (χ0n) is 12.6. The minimum atomic E-state index is 0.765. The second kappa shape index (κ2) is 8.20. The Morgan fingerprint density at radius 1 is 1.29 bits per heavy atom. The Bertz CT molecular complexity index is 568. The van der Waals surface area contributed by atoms with E-state index in [-0.39, 0.29) is 0 Å². The van der Waals surface area contributed by atoms with Crippen molar-refractivity contribution >= 4 is 15.9 Å². The van der Waals surface area contributed by atoms with E-state index >= 15 is 0 Å². The third-order valence-corrected chi connectivity index (χ3v) is 3.66. The highest BCUT2D eigenvalue weighted by atomic mass is 79.9. The van der Waals surface area contributed by atoms with Crippen molar-refractivity contribution < 1.29 is 4.74 Å². The van der Waals surface area contributed by atoms with Gasteiger partial charge in [-0.2, -0.15) is 5.10 Å². The maximum atomic E-state index is 5.87. The number of halogens is 1. The van der Waals surface area contributed by atoms with E-state index in [4.69, 9.17) is 4.74 Å². The van der Waals surface area contributed by atoms with Crippen LogP contribution in [-0.4, -0.2) is 16.3 Å². The number of nitrogens with zero attached hydrogens (tertiary/aromatic N) is 2. The number of ether oxygens (including phenoxy) is 1. The fraction of sp³-hybridized carbons (Fsp3) is 0.438. The number of nitrogens with one attached hydrogen (secondary N) is 1. The van der Waals surface area contributed by atoms with Gasteiger partial charge in [0.05, 0.1) is 16.9 Å². The van der Waals surface area contributed by atoms with E-state index in [0.717, 1.165) is 48.4 Å². The highest BCUT2D eigenvalue weighted by molar-refractivity contribution is 9.10. The molecule has 114 valence electrons. The molecule has 0 saturated carbocycles. The van der Waals surface area contributed by atoms with Gasteiger partial charge in [-0.15, -0.1) is 0 Å². The zero-order chi connectivity index (χ0) is 15.1. The van der Waals surface area contributed by atoms with E-state index in [1.165, 1.54) is 5.56 Å². The molecule has 0 bridgehead atoms. The maximum absolute atomic E-state index is 5.87. The maximum Gasteiger partial charge on any atom is 0.165 e. The molecule has 2 rings (SSSR count). The van der Waals surface area contributed by atoms with Crippen LogP contribution in [0.25, 0.3) is 0 Å². The van der Waals surface area contributed by atoms with Crippen LogP contribution in [0, 0.1) is 0 Å². The Morgan fingerprint density at radius 3 is 2.86 bits per heavy atom. The van der Waals surface area contributed by atoms with Gasteiger partial charge in [0.15, 0.2) is 5.75 Å². The van der Waals surface area contributed by atoms with Gasteiger partial charge in [0.1, 0.15) is 5.75 Å². The lowest BCUT2D eigenvalue weighted by Gasteiger charge is -2.08. The predicted octanol–water partition coefficient (Wildman–Crippen LogP) is 4.35. The molecule has 0 unspecified atom stereocenters. The van der Waals surface area contributed by atoms with Crippen LogP contribution in [0.5, 0.6) is 11.5 Å². The first-order chi connectivity index (χ1) is 10.2. The fourth-order valence-electron chi connectivity index (χ4n) is 2.02. The molecular formula is C16H22BrN3O. The molecule has 0 aliphatic carbocycles.